The van der Waals surface area contributed by atoms with E-state index in [0.717, 1.165) is 12.8 Å². The van der Waals surface area contributed by atoms with Crippen molar-refractivity contribution in [1.29, 1.82) is 0 Å². The van der Waals surface area contributed by atoms with Crippen molar-refractivity contribution in [2.24, 2.45) is 0 Å². The number of nitrogens with zero attached hydrogens (tertiary/aromatic N) is 1. The number of morpholine rings is 1. The molecule has 0 aromatic heterocycles. The molecule has 1 atom stereocenters. The van der Waals surface area contributed by atoms with Crippen molar-refractivity contribution in [2.75, 3.05) is 26.3 Å². The molecule has 5 nitrogen and oxygen atoms in total. The second-order valence-electron chi connectivity index (χ2n) is 6.10. The Kier molecular flexibility index (Phi) is 9.87. The van der Waals surface area contributed by atoms with Gasteiger partial charge in [-0.15, -0.1) is 0 Å². The number of amides is 2. The number of ether oxygens (including phenoxy) is 1. The van der Waals surface area contributed by atoms with Crippen LogP contribution in [0.4, 0.5) is 0 Å². The van der Waals surface area contributed by atoms with Gasteiger partial charge in [0.2, 0.25) is 11.8 Å². The first-order chi connectivity index (χ1) is 10.6. The van der Waals surface area contributed by atoms with Gasteiger partial charge >= 0.3 is 0 Å². The van der Waals surface area contributed by atoms with Gasteiger partial charge in [-0.25, -0.2) is 0 Å². The van der Waals surface area contributed by atoms with Gasteiger partial charge in [0.1, 0.15) is 6.04 Å². The number of unbranched alkanes of at least 4 members (excludes halogenated alkanes) is 6. The Morgan fingerprint density at radius 3 is 2.27 bits per heavy atom. The van der Waals surface area contributed by atoms with Crippen molar-refractivity contribution in [3.8, 4) is 0 Å². The molecule has 1 fully saturated rings. The van der Waals surface area contributed by atoms with Crippen LogP contribution >= 0.6 is 0 Å². The molecule has 1 aliphatic heterocycles. The lowest BCUT2D eigenvalue weighted by Crippen LogP contribution is -2.50. The van der Waals surface area contributed by atoms with Gasteiger partial charge in [0.25, 0.3) is 0 Å². The zero-order valence-electron chi connectivity index (χ0n) is 14.2. The summed E-state index contributed by atoms with van der Waals surface area (Å²) in [7, 11) is 0. The molecular formula is C17H32N2O3. The summed E-state index contributed by atoms with van der Waals surface area (Å²) < 4.78 is 5.23. The Labute approximate surface area is 134 Å². The molecule has 1 rings (SSSR count). The summed E-state index contributed by atoms with van der Waals surface area (Å²) in [5, 5.41) is 2.82. The van der Waals surface area contributed by atoms with Gasteiger partial charge in [-0.1, -0.05) is 45.4 Å². The van der Waals surface area contributed by atoms with Gasteiger partial charge in [-0.05, 0) is 13.3 Å². The quantitative estimate of drug-likeness (QED) is 0.631. The van der Waals surface area contributed by atoms with E-state index in [0.29, 0.717) is 32.7 Å². The van der Waals surface area contributed by atoms with E-state index in [1.165, 1.54) is 32.1 Å². The first-order valence-corrected chi connectivity index (χ1v) is 8.81. The second kappa shape index (κ2) is 11.5. The highest BCUT2D eigenvalue weighted by Gasteiger charge is 2.23. The maximum absolute atomic E-state index is 12.2. The molecule has 0 saturated carbocycles. The molecule has 0 unspecified atom stereocenters. The van der Waals surface area contributed by atoms with Crippen molar-refractivity contribution in [3.05, 3.63) is 0 Å². The maximum Gasteiger partial charge on any atom is 0.245 e. The van der Waals surface area contributed by atoms with Gasteiger partial charge in [-0.3, -0.25) is 9.59 Å². The summed E-state index contributed by atoms with van der Waals surface area (Å²) in [6.07, 6.45) is 8.87. The number of nitrogens with one attached hydrogen (secondary N) is 1. The van der Waals surface area contributed by atoms with Crippen molar-refractivity contribution >= 4 is 11.8 Å². The number of carbonyl (C=O) groups excluding carboxylic acids is 2. The van der Waals surface area contributed by atoms with Crippen LogP contribution in [0.15, 0.2) is 0 Å². The molecule has 0 aliphatic carbocycles. The molecule has 1 heterocycles. The monoisotopic (exact) mass is 312 g/mol. The van der Waals surface area contributed by atoms with Crippen molar-refractivity contribution < 1.29 is 14.3 Å². The van der Waals surface area contributed by atoms with E-state index >= 15 is 0 Å². The fourth-order valence-corrected chi connectivity index (χ4v) is 2.68. The third-order valence-corrected chi connectivity index (χ3v) is 4.08. The highest BCUT2D eigenvalue weighted by molar-refractivity contribution is 5.87. The average Bonchev–Trinajstić information content (AvgIpc) is 2.54. The standard InChI is InChI=1S/C17H32N2O3/c1-3-4-5-6-7-8-9-10-16(20)18-15(2)17(21)19-11-13-22-14-12-19/h15H,3-14H2,1-2H3,(H,18,20)/t15-/m0/s1. The summed E-state index contributed by atoms with van der Waals surface area (Å²) in [5.41, 5.74) is 0. The number of hydrogen-bond donors (Lipinski definition) is 1. The Bertz CT molecular complexity index is 328. The normalized spacial score (nSPS) is 16.4. The van der Waals surface area contributed by atoms with E-state index < -0.39 is 6.04 Å². The van der Waals surface area contributed by atoms with Crippen LogP contribution < -0.4 is 5.32 Å². The SMILES string of the molecule is CCCCCCCCCC(=O)N[C@@H](C)C(=O)N1CCOCC1. The highest BCUT2D eigenvalue weighted by atomic mass is 16.5. The molecule has 0 aromatic carbocycles. The lowest BCUT2D eigenvalue weighted by molar-refractivity contribution is -0.139. The molecule has 1 N–H and O–H groups in total. The van der Waals surface area contributed by atoms with Gasteiger partial charge in [0, 0.05) is 19.5 Å². The largest absolute Gasteiger partial charge is 0.378 e. The van der Waals surface area contributed by atoms with Gasteiger partial charge in [0.15, 0.2) is 0 Å². The van der Waals surface area contributed by atoms with E-state index in [1.54, 1.807) is 11.8 Å². The Balaban J connectivity index is 2.09. The predicted molar refractivity (Wildman–Crippen MR) is 87.6 cm³/mol. The van der Waals surface area contributed by atoms with E-state index in [4.69, 9.17) is 4.74 Å². The zero-order chi connectivity index (χ0) is 16.2. The summed E-state index contributed by atoms with van der Waals surface area (Å²) in [5.74, 6) is -0.0149. The molecule has 0 radical (unpaired) electrons. The van der Waals surface area contributed by atoms with Crippen LogP contribution in [0.5, 0.6) is 0 Å². The van der Waals surface area contributed by atoms with Crippen molar-refractivity contribution in [1.82, 2.24) is 10.2 Å². The van der Waals surface area contributed by atoms with Gasteiger partial charge < -0.3 is 15.0 Å². The van der Waals surface area contributed by atoms with E-state index in [-0.39, 0.29) is 11.8 Å². The van der Waals surface area contributed by atoms with Crippen LogP contribution in [0.1, 0.15) is 65.2 Å². The minimum absolute atomic E-state index is 0.00350. The Morgan fingerprint density at radius 1 is 1.05 bits per heavy atom. The molecule has 128 valence electrons. The summed E-state index contributed by atoms with van der Waals surface area (Å²) in [6.45, 7) is 6.40. The topological polar surface area (TPSA) is 58.6 Å². The predicted octanol–water partition coefficient (Wildman–Crippen LogP) is 2.49. The molecular weight excluding hydrogens is 280 g/mol. The van der Waals surface area contributed by atoms with Gasteiger partial charge in [0.05, 0.1) is 13.2 Å². The molecule has 0 aromatic rings. The van der Waals surface area contributed by atoms with Gasteiger partial charge in [-0.2, -0.15) is 0 Å². The lowest BCUT2D eigenvalue weighted by atomic mass is 10.1. The number of hydrogen-bond acceptors (Lipinski definition) is 3. The van der Waals surface area contributed by atoms with Crippen molar-refractivity contribution in [2.45, 2.75) is 71.3 Å². The maximum atomic E-state index is 12.2. The second-order valence-corrected chi connectivity index (χ2v) is 6.10. The molecule has 1 saturated heterocycles. The fourth-order valence-electron chi connectivity index (χ4n) is 2.68. The van der Waals surface area contributed by atoms with Crippen LogP contribution in [0.3, 0.4) is 0 Å². The van der Waals surface area contributed by atoms with Crippen molar-refractivity contribution in [3.63, 3.8) is 0 Å². The number of carbonyl (C=O) groups is 2. The first kappa shape index (κ1) is 18.9. The third-order valence-electron chi connectivity index (χ3n) is 4.08. The lowest BCUT2D eigenvalue weighted by Gasteiger charge is -2.29. The summed E-state index contributed by atoms with van der Waals surface area (Å²) >= 11 is 0. The van der Waals surface area contributed by atoms with E-state index in [1.807, 2.05) is 0 Å². The minimum atomic E-state index is -0.435. The average molecular weight is 312 g/mol. The van der Waals surface area contributed by atoms with Crippen LogP contribution in [0, 0.1) is 0 Å². The smallest absolute Gasteiger partial charge is 0.245 e. The van der Waals surface area contributed by atoms with E-state index in [9.17, 15) is 9.59 Å². The summed E-state index contributed by atoms with van der Waals surface area (Å²) in [6, 6.07) is -0.435. The number of rotatable bonds is 10. The molecule has 0 spiro atoms. The molecule has 2 amide bonds. The first-order valence-electron chi connectivity index (χ1n) is 8.81. The minimum Gasteiger partial charge on any atom is -0.378 e. The van der Waals surface area contributed by atoms with E-state index in [2.05, 4.69) is 12.2 Å². The Morgan fingerprint density at radius 2 is 1.64 bits per heavy atom. The molecule has 5 heteroatoms. The highest BCUT2D eigenvalue weighted by Crippen LogP contribution is 2.08. The fraction of sp³-hybridized carbons (Fsp3) is 0.882. The Hall–Kier alpha value is -1.10. The summed E-state index contributed by atoms with van der Waals surface area (Å²) in [4.78, 5) is 25.8. The van der Waals surface area contributed by atoms with Crippen LogP contribution in [0.25, 0.3) is 0 Å². The van der Waals surface area contributed by atoms with Crippen LogP contribution in [0.2, 0.25) is 0 Å². The van der Waals surface area contributed by atoms with Crippen LogP contribution in [-0.2, 0) is 14.3 Å². The third kappa shape index (κ3) is 7.78. The van der Waals surface area contributed by atoms with Crippen LogP contribution in [-0.4, -0.2) is 49.1 Å². The zero-order valence-corrected chi connectivity index (χ0v) is 14.2. The molecule has 0 bridgehead atoms. The molecule has 1 aliphatic rings. The molecule has 22 heavy (non-hydrogen) atoms.